The van der Waals surface area contributed by atoms with E-state index < -0.39 is 0 Å². The van der Waals surface area contributed by atoms with E-state index in [0.29, 0.717) is 0 Å². The summed E-state index contributed by atoms with van der Waals surface area (Å²) in [5.41, 5.74) is 0. The van der Waals surface area contributed by atoms with Crippen LogP contribution < -0.4 is 10.6 Å². The zero-order chi connectivity index (χ0) is 11.2. The van der Waals surface area contributed by atoms with Gasteiger partial charge in [-0.2, -0.15) is 0 Å². The number of nitrogens with one attached hydrogen (secondary N) is 2. The Balaban J connectivity index is 0.000000210. The first-order chi connectivity index (χ1) is 7.41. The van der Waals surface area contributed by atoms with Crippen LogP contribution in [0.2, 0.25) is 0 Å². The molecule has 0 bridgehead atoms. The average Bonchev–Trinajstić information content (AvgIpc) is 2.35. The van der Waals surface area contributed by atoms with E-state index in [1.165, 1.54) is 0 Å². The van der Waals surface area contributed by atoms with Crippen molar-refractivity contribution in [2.24, 2.45) is 0 Å². The van der Waals surface area contributed by atoms with Gasteiger partial charge in [-0.15, -0.1) is 0 Å². The summed E-state index contributed by atoms with van der Waals surface area (Å²) < 4.78 is 10.0. The van der Waals surface area contributed by atoms with Crippen molar-refractivity contribution < 1.29 is 25.4 Å². The zero-order valence-electron chi connectivity index (χ0n) is 8.55. The number of morpholine rings is 2. The van der Waals surface area contributed by atoms with Crippen LogP contribution in [0.3, 0.4) is 0 Å². The molecule has 2 heterocycles. The minimum absolute atomic E-state index is 0.106. The molecule has 2 fully saturated rings. The first-order valence-corrected chi connectivity index (χ1v) is 8.81. The second kappa shape index (κ2) is 15.1. The van der Waals surface area contributed by atoms with E-state index in [1.54, 1.807) is 0 Å². The molecule has 4 nitrogen and oxygen atoms in total. The van der Waals surface area contributed by atoms with Crippen molar-refractivity contribution in [1.29, 1.82) is 0 Å². The fourth-order valence-corrected chi connectivity index (χ4v) is 1.03. The maximum absolute atomic E-state index is 5.01. The van der Waals surface area contributed by atoms with E-state index in [1.807, 2.05) is 0 Å². The summed E-state index contributed by atoms with van der Waals surface area (Å²) >= 11 is -0.106. The molecule has 0 aromatic heterocycles. The van der Waals surface area contributed by atoms with Gasteiger partial charge < -0.3 is 20.1 Å². The van der Waals surface area contributed by atoms with Crippen LogP contribution in [0.4, 0.5) is 0 Å². The number of hydrogen-bond acceptors (Lipinski definition) is 4. The first kappa shape index (κ1) is 16.1. The average molecular weight is 352 g/mol. The van der Waals surface area contributed by atoms with E-state index in [4.69, 9.17) is 28.5 Å². The van der Waals surface area contributed by atoms with Crippen molar-refractivity contribution >= 4 is 19.1 Å². The Morgan fingerprint density at radius 1 is 0.733 bits per heavy atom. The Bertz CT molecular complexity index is 81.8. The van der Waals surface area contributed by atoms with E-state index in [2.05, 4.69) is 10.6 Å². The van der Waals surface area contributed by atoms with Crippen LogP contribution in [0.5, 0.6) is 0 Å². The topological polar surface area (TPSA) is 42.5 Å². The molecule has 96 valence electrons. The van der Waals surface area contributed by atoms with Crippen molar-refractivity contribution in [2.75, 3.05) is 52.6 Å². The Kier molecular flexibility index (Phi) is 16.2. The normalized spacial score (nSPS) is 20.7. The van der Waals surface area contributed by atoms with Gasteiger partial charge in [-0.25, -0.2) is 0 Å². The van der Waals surface area contributed by atoms with Crippen molar-refractivity contribution in [3.8, 4) is 0 Å². The molecule has 7 heteroatoms. The Labute approximate surface area is 107 Å². The van der Waals surface area contributed by atoms with Crippen LogP contribution in [0, 0.1) is 0 Å². The summed E-state index contributed by atoms with van der Waals surface area (Å²) in [6.45, 7) is 7.67. The summed E-state index contributed by atoms with van der Waals surface area (Å²) in [7, 11) is 9.63. The van der Waals surface area contributed by atoms with Crippen molar-refractivity contribution in [2.45, 2.75) is 0 Å². The SMILES string of the molecule is C1COCCN1.C1COCCN1.[Cl][Pd][Cl]. The molecule has 0 spiro atoms. The van der Waals surface area contributed by atoms with Gasteiger partial charge in [-0.3, -0.25) is 0 Å². The third-order valence-corrected chi connectivity index (χ3v) is 1.69. The van der Waals surface area contributed by atoms with Crippen LogP contribution in [0.15, 0.2) is 0 Å². The molecule has 0 atom stereocenters. The number of ether oxygens (including phenoxy) is 2. The molecule has 0 aromatic carbocycles. The van der Waals surface area contributed by atoms with Crippen molar-refractivity contribution in [3.05, 3.63) is 0 Å². The van der Waals surface area contributed by atoms with Gasteiger partial charge in [-0.05, 0) is 0 Å². The third-order valence-electron chi connectivity index (χ3n) is 1.69. The van der Waals surface area contributed by atoms with Gasteiger partial charge in [0, 0.05) is 26.2 Å². The van der Waals surface area contributed by atoms with Gasteiger partial charge in [0.25, 0.3) is 0 Å². The van der Waals surface area contributed by atoms with Gasteiger partial charge in [0.2, 0.25) is 0 Å². The van der Waals surface area contributed by atoms with Crippen LogP contribution in [-0.2, 0) is 25.4 Å². The summed E-state index contributed by atoms with van der Waals surface area (Å²) in [6, 6.07) is 0. The fourth-order valence-electron chi connectivity index (χ4n) is 1.03. The Hall–Kier alpha value is 1.08. The Morgan fingerprint density at radius 2 is 1.00 bits per heavy atom. The van der Waals surface area contributed by atoms with E-state index in [-0.39, 0.29) is 15.9 Å². The summed E-state index contributed by atoms with van der Waals surface area (Å²) in [5, 5.41) is 6.32. The van der Waals surface area contributed by atoms with Crippen LogP contribution in [0.25, 0.3) is 0 Å². The molecule has 2 aliphatic rings. The predicted molar refractivity (Wildman–Crippen MR) is 59.1 cm³/mol. The number of hydrogen-bond donors (Lipinski definition) is 2. The predicted octanol–water partition coefficient (Wildman–Crippen LogP) is 0.589. The summed E-state index contributed by atoms with van der Waals surface area (Å²) in [5.74, 6) is 0. The summed E-state index contributed by atoms with van der Waals surface area (Å²) in [4.78, 5) is 0. The monoisotopic (exact) mass is 350 g/mol. The van der Waals surface area contributed by atoms with Crippen LogP contribution >= 0.6 is 19.1 Å². The van der Waals surface area contributed by atoms with E-state index in [0.717, 1.165) is 52.6 Å². The van der Waals surface area contributed by atoms with Gasteiger partial charge >= 0.3 is 35.0 Å². The molecule has 0 radical (unpaired) electrons. The van der Waals surface area contributed by atoms with Gasteiger partial charge in [0.15, 0.2) is 0 Å². The maximum atomic E-state index is 5.01. The Morgan fingerprint density at radius 3 is 1.07 bits per heavy atom. The van der Waals surface area contributed by atoms with E-state index in [9.17, 15) is 0 Å². The van der Waals surface area contributed by atoms with Gasteiger partial charge in [-0.1, -0.05) is 0 Å². The van der Waals surface area contributed by atoms with Crippen LogP contribution in [-0.4, -0.2) is 52.6 Å². The standard InChI is InChI=1S/2C4H9NO.2ClH.Pd/c2*1-3-6-4-2-5-1;;;/h2*5H,1-4H2;2*1H;/q;;;;+2/p-2. The summed E-state index contributed by atoms with van der Waals surface area (Å²) in [6.07, 6.45) is 0. The molecular formula is C8H18Cl2N2O2Pd. The first-order valence-electron chi connectivity index (χ1n) is 4.81. The molecule has 15 heavy (non-hydrogen) atoms. The quantitative estimate of drug-likeness (QED) is 0.627. The van der Waals surface area contributed by atoms with Crippen molar-refractivity contribution in [3.63, 3.8) is 0 Å². The minimum atomic E-state index is -0.106. The second-order valence-electron chi connectivity index (χ2n) is 2.77. The zero-order valence-corrected chi connectivity index (χ0v) is 11.6. The molecule has 2 saturated heterocycles. The molecule has 0 aromatic rings. The molecule has 2 rings (SSSR count). The fraction of sp³-hybridized carbons (Fsp3) is 1.00. The molecule has 0 unspecified atom stereocenters. The molecule has 0 saturated carbocycles. The van der Waals surface area contributed by atoms with Gasteiger partial charge in [0.1, 0.15) is 0 Å². The molecule has 0 amide bonds. The number of halogens is 2. The molecule has 2 aliphatic heterocycles. The molecule has 0 aliphatic carbocycles. The van der Waals surface area contributed by atoms with Crippen molar-refractivity contribution in [1.82, 2.24) is 10.6 Å². The van der Waals surface area contributed by atoms with E-state index >= 15 is 0 Å². The van der Waals surface area contributed by atoms with Crippen LogP contribution in [0.1, 0.15) is 0 Å². The number of rotatable bonds is 0. The molecular weight excluding hydrogens is 333 g/mol. The third kappa shape index (κ3) is 15.1. The molecule has 2 N–H and O–H groups in total. The second-order valence-corrected chi connectivity index (χ2v) is 5.13. The van der Waals surface area contributed by atoms with Gasteiger partial charge in [0.05, 0.1) is 26.4 Å².